The summed E-state index contributed by atoms with van der Waals surface area (Å²) in [5.74, 6) is 0.820. The molecule has 0 bridgehead atoms. The Morgan fingerprint density at radius 2 is 1.96 bits per heavy atom. The van der Waals surface area contributed by atoms with Crippen LogP contribution in [-0.2, 0) is 11.3 Å². The summed E-state index contributed by atoms with van der Waals surface area (Å²) in [6.45, 7) is 6.88. The summed E-state index contributed by atoms with van der Waals surface area (Å²) in [7, 11) is 0. The van der Waals surface area contributed by atoms with Gasteiger partial charge in [0.15, 0.2) is 5.82 Å². The Labute approximate surface area is 159 Å². The Bertz CT molecular complexity index is 737. The number of nitrogens with zero attached hydrogens (tertiary/aromatic N) is 5. The number of ether oxygens (including phenoxy) is 1. The Morgan fingerprint density at radius 1 is 1.19 bits per heavy atom. The third-order valence-electron chi connectivity index (χ3n) is 5.50. The number of nitrogens with one attached hydrogen (secondary N) is 1. The molecule has 0 unspecified atom stereocenters. The lowest BCUT2D eigenvalue weighted by atomic mass is 9.90. The number of aromatic nitrogens is 4. The Kier molecular flexibility index (Phi) is 5.57. The van der Waals surface area contributed by atoms with Gasteiger partial charge in [-0.05, 0) is 43.7 Å². The largest absolute Gasteiger partial charge is 0.379 e. The van der Waals surface area contributed by atoms with Crippen LogP contribution in [0.15, 0.2) is 6.20 Å². The molecule has 0 spiro atoms. The van der Waals surface area contributed by atoms with Gasteiger partial charge in [0.2, 0.25) is 5.28 Å². The minimum atomic E-state index is 0.276. The van der Waals surface area contributed by atoms with Crippen molar-refractivity contribution in [2.75, 3.05) is 31.6 Å². The lowest BCUT2D eigenvalue weighted by Gasteiger charge is -2.39. The summed E-state index contributed by atoms with van der Waals surface area (Å²) in [6, 6.07) is 1.11. The van der Waals surface area contributed by atoms with Crippen LogP contribution in [0.5, 0.6) is 0 Å². The zero-order valence-corrected chi connectivity index (χ0v) is 16.1. The van der Waals surface area contributed by atoms with Crippen LogP contribution in [0.4, 0.5) is 5.82 Å². The highest BCUT2D eigenvalue weighted by Gasteiger charge is 2.27. The normalized spacial score (nSPS) is 24.8. The van der Waals surface area contributed by atoms with Gasteiger partial charge < -0.3 is 10.1 Å². The highest BCUT2D eigenvalue weighted by Crippen LogP contribution is 2.29. The first-order chi connectivity index (χ1) is 12.7. The summed E-state index contributed by atoms with van der Waals surface area (Å²) in [6.07, 6.45) is 7.52. The van der Waals surface area contributed by atoms with Crippen LogP contribution in [0.3, 0.4) is 0 Å². The zero-order valence-electron chi connectivity index (χ0n) is 15.3. The Morgan fingerprint density at radius 3 is 2.69 bits per heavy atom. The molecule has 1 saturated carbocycles. The minimum absolute atomic E-state index is 0.276. The number of fused-ring (bicyclic) bond motifs is 1. The second kappa shape index (κ2) is 8.06. The predicted molar refractivity (Wildman–Crippen MR) is 103 cm³/mol. The fourth-order valence-electron chi connectivity index (χ4n) is 4.17. The van der Waals surface area contributed by atoms with Gasteiger partial charge in [-0.25, -0.2) is 4.98 Å². The second-order valence-electron chi connectivity index (χ2n) is 7.24. The number of aryl methyl sites for hydroxylation is 1. The molecule has 1 saturated heterocycles. The molecule has 1 N–H and O–H groups in total. The quantitative estimate of drug-likeness (QED) is 0.807. The van der Waals surface area contributed by atoms with Crippen LogP contribution in [0.1, 0.15) is 39.0 Å². The molecule has 2 aromatic heterocycles. The van der Waals surface area contributed by atoms with Gasteiger partial charge >= 0.3 is 0 Å². The number of hydrogen-bond donors (Lipinski definition) is 1. The maximum Gasteiger partial charge on any atom is 0.225 e. The molecule has 4 rings (SSSR count). The smallest absolute Gasteiger partial charge is 0.225 e. The summed E-state index contributed by atoms with van der Waals surface area (Å²) in [4.78, 5) is 11.4. The van der Waals surface area contributed by atoms with Gasteiger partial charge in [0.05, 0.1) is 19.4 Å². The van der Waals surface area contributed by atoms with E-state index in [0.717, 1.165) is 69.0 Å². The molecule has 0 radical (unpaired) electrons. The maximum absolute atomic E-state index is 6.13. The van der Waals surface area contributed by atoms with Gasteiger partial charge in [0.25, 0.3) is 0 Å². The van der Waals surface area contributed by atoms with Gasteiger partial charge in [-0.15, -0.1) is 0 Å². The average molecular weight is 379 g/mol. The molecule has 0 aromatic carbocycles. The van der Waals surface area contributed by atoms with E-state index in [1.54, 1.807) is 6.20 Å². The van der Waals surface area contributed by atoms with E-state index in [-0.39, 0.29) is 5.28 Å². The molecular formula is C18H27ClN6O. The van der Waals surface area contributed by atoms with Crippen LogP contribution in [0.2, 0.25) is 5.28 Å². The van der Waals surface area contributed by atoms with E-state index in [1.165, 1.54) is 12.8 Å². The van der Waals surface area contributed by atoms with Crippen molar-refractivity contribution < 1.29 is 4.74 Å². The molecule has 142 valence electrons. The number of rotatable bonds is 5. The van der Waals surface area contributed by atoms with Crippen molar-refractivity contribution in [1.82, 2.24) is 24.6 Å². The van der Waals surface area contributed by atoms with Crippen molar-refractivity contribution in [1.29, 1.82) is 0 Å². The first-order valence-corrected chi connectivity index (χ1v) is 10.1. The molecule has 26 heavy (non-hydrogen) atoms. The molecule has 0 atom stereocenters. The van der Waals surface area contributed by atoms with Crippen molar-refractivity contribution in [2.45, 2.75) is 57.7 Å². The fraction of sp³-hybridized carbons (Fsp3) is 0.722. The Hall–Kier alpha value is -1.44. The van der Waals surface area contributed by atoms with E-state index in [4.69, 9.17) is 16.3 Å². The molecule has 1 aliphatic heterocycles. The highest BCUT2D eigenvalue weighted by molar-refractivity contribution is 6.28. The molecule has 2 fully saturated rings. The van der Waals surface area contributed by atoms with Crippen molar-refractivity contribution in [3.05, 3.63) is 11.5 Å². The van der Waals surface area contributed by atoms with Crippen molar-refractivity contribution in [3.63, 3.8) is 0 Å². The van der Waals surface area contributed by atoms with E-state index in [1.807, 2.05) is 4.68 Å². The average Bonchev–Trinajstić information content (AvgIpc) is 3.06. The first-order valence-electron chi connectivity index (χ1n) is 9.72. The van der Waals surface area contributed by atoms with Crippen molar-refractivity contribution >= 4 is 28.5 Å². The fourth-order valence-corrected chi connectivity index (χ4v) is 4.35. The number of anilines is 1. The topological polar surface area (TPSA) is 68.1 Å². The monoisotopic (exact) mass is 378 g/mol. The molecule has 2 aromatic rings. The predicted octanol–water partition coefficient (Wildman–Crippen LogP) is 2.95. The summed E-state index contributed by atoms with van der Waals surface area (Å²) < 4.78 is 7.46. The molecule has 8 heteroatoms. The summed E-state index contributed by atoms with van der Waals surface area (Å²) >= 11 is 6.13. The number of morpholine rings is 1. The molecule has 7 nitrogen and oxygen atoms in total. The first kappa shape index (κ1) is 17.9. The van der Waals surface area contributed by atoms with E-state index in [9.17, 15) is 0 Å². The zero-order chi connectivity index (χ0) is 17.9. The van der Waals surface area contributed by atoms with Crippen LogP contribution < -0.4 is 5.32 Å². The van der Waals surface area contributed by atoms with Gasteiger partial charge in [-0.3, -0.25) is 9.58 Å². The van der Waals surface area contributed by atoms with E-state index in [2.05, 4.69) is 32.2 Å². The van der Waals surface area contributed by atoms with Crippen LogP contribution >= 0.6 is 11.6 Å². The van der Waals surface area contributed by atoms with E-state index in [0.29, 0.717) is 12.1 Å². The summed E-state index contributed by atoms with van der Waals surface area (Å²) in [5, 5.41) is 8.36. The minimum Gasteiger partial charge on any atom is -0.379 e. The van der Waals surface area contributed by atoms with Crippen LogP contribution in [0, 0.1) is 0 Å². The lowest BCUT2D eigenvalue weighted by Crippen LogP contribution is -2.46. The van der Waals surface area contributed by atoms with Gasteiger partial charge in [0, 0.05) is 31.7 Å². The molecule has 3 heterocycles. The maximum atomic E-state index is 6.13. The van der Waals surface area contributed by atoms with Crippen LogP contribution in [-0.4, -0.2) is 63.0 Å². The number of halogens is 1. The standard InChI is InChI=1S/C18H27ClN6O/c1-2-7-25-16-15(12-20-25)22-18(19)23-17(16)21-13-3-5-14(6-4-13)24-8-10-26-11-9-24/h12-14H,2-11H2,1H3,(H,21,22,23). The molecule has 0 amide bonds. The third kappa shape index (κ3) is 3.80. The van der Waals surface area contributed by atoms with Crippen molar-refractivity contribution in [3.8, 4) is 0 Å². The van der Waals surface area contributed by atoms with Gasteiger partial charge in [-0.2, -0.15) is 10.1 Å². The van der Waals surface area contributed by atoms with Crippen LogP contribution in [0.25, 0.3) is 11.0 Å². The van der Waals surface area contributed by atoms with E-state index < -0.39 is 0 Å². The molecule has 2 aliphatic rings. The summed E-state index contributed by atoms with van der Waals surface area (Å²) in [5.41, 5.74) is 1.77. The highest BCUT2D eigenvalue weighted by atomic mass is 35.5. The third-order valence-corrected chi connectivity index (χ3v) is 5.67. The Balaban J connectivity index is 1.45. The number of hydrogen-bond acceptors (Lipinski definition) is 6. The SMILES string of the molecule is CCCn1ncc2nc(Cl)nc(NC3CCC(N4CCOCC4)CC3)c21. The van der Waals surface area contributed by atoms with E-state index >= 15 is 0 Å². The lowest BCUT2D eigenvalue weighted by molar-refractivity contribution is 0.00791. The molecule has 1 aliphatic carbocycles. The molecular weight excluding hydrogens is 352 g/mol. The van der Waals surface area contributed by atoms with Crippen molar-refractivity contribution in [2.24, 2.45) is 0 Å². The van der Waals surface area contributed by atoms with Gasteiger partial charge in [0.1, 0.15) is 11.0 Å². The second-order valence-corrected chi connectivity index (χ2v) is 7.58. The van der Waals surface area contributed by atoms with Gasteiger partial charge in [-0.1, -0.05) is 6.92 Å².